The van der Waals surface area contributed by atoms with Gasteiger partial charge in [-0.05, 0) is 25.0 Å². The van der Waals surface area contributed by atoms with Crippen LogP contribution in [0.15, 0.2) is 28.7 Å². The van der Waals surface area contributed by atoms with Crippen LogP contribution in [-0.2, 0) is 4.79 Å². The van der Waals surface area contributed by atoms with Crippen molar-refractivity contribution in [2.24, 2.45) is 5.41 Å². The average Bonchev–Trinajstić information content (AvgIpc) is 2.74. The topological polar surface area (TPSA) is 75.4 Å². The molecule has 0 saturated heterocycles. The Hall–Kier alpha value is -2.04. The van der Waals surface area contributed by atoms with Crippen LogP contribution < -0.4 is 5.32 Å². The van der Waals surface area contributed by atoms with Gasteiger partial charge in [0, 0.05) is 6.54 Å². The minimum Gasteiger partial charge on any atom is -0.481 e. The smallest absolute Gasteiger partial charge is 0.311 e. The van der Waals surface area contributed by atoms with Crippen molar-refractivity contribution in [1.29, 1.82) is 0 Å². The predicted octanol–water partition coefficient (Wildman–Crippen LogP) is 3.66. The van der Waals surface area contributed by atoms with Crippen LogP contribution in [-0.4, -0.2) is 22.6 Å². The SMILES string of the molecule is O=C(O)C1(CNc2nc3ccccc3o2)CCCCCC1. The largest absolute Gasteiger partial charge is 0.481 e. The minimum absolute atomic E-state index is 0.370. The number of aromatic nitrogens is 1. The summed E-state index contributed by atoms with van der Waals surface area (Å²) in [5, 5.41) is 12.7. The lowest BCUT2D eigenvalue weighted by Crippen LogP contribution is -2.37. The van der Waals surface area contributed by atoms with Gasteiger partial charge in [0.05, 0.1) is 5.41 Å². The lowest BCUT2D eigenvalue weighted by atomic mass is 9.80. The number of aliphatic carboxylic acids is 1. The second-order valence-electron chi connectivity index (χ2n) is 5.84. The molecule has 2 aromatic rings. The van der Waals surface area contributed by atoms with Crippen molar-refractivity contribution in [1.82, 2.24) is 4.98 Å². The number of carbonyl (C=O) groups is 1. The minimum atomic E-state index is -0.715. The number of hydrogen-bond acceptors (Lipinski definition) is 4. The molecule has 1 heterocycles. The summed E-state index contributed by atoms with van der Waals surface area (Å²) in [7, 11) is 0. The summed E-state index contributed by atoms with van der Waals surface area (Å²) in [6.45, 7) is 0.370. The molecule has 1 aromatic heterocycles. The normalized spacial score (nSPS) is 18.3. The predicted molar refractivity (Wildman–Crippen MR) is 80.3 cm³/mol. The third-order valence-electron chi connectivity index (χ3n) is 4.39. The second-order valence-corrected chi connectivity index (χ2v) is 5.84. The summed E-state index contributed by atoms with van der Waals surface area (Å²) in [5.74, 6) is -0.715. The van der Waals surface area contributed by atoms with Gasteiger partial charge in [0.15, 0.2) is 5.58 Å². The number of para-hydroxylation sites is 2. The molecule has 0 aliphatic heterocycles. The Kier molecular flexibility index (Phi) is 3.82. The van der Waals surface area contributed by atoms with Crippen LogP contribution in [0.4, 0.5) is 6.01 Å². The first-order chi connectivity index (χ1) is 10.2. The molecule has 1 aliphatic rings. The zero-order valence-corrected chi connectivity index (χ0v) is 12.0. The Labute approximate surface area is 123 Å². The van der Waals surface area contributed by atoms with Crippen LogP contribution in [0.3, 0.4) is 0 Å². The quantitative estimate of drug-likeness (QED) is 0.840. The number of nitrogens with zero attached hydrogens (tertiary/aromatic N) is 1. The molecule has 0 amide bonds. The lowest BCUT2D eigenvalue weighted by Gasteiger charge is -2.27. The van der Waals surface area contributed by atoms with Crippen LogP contribution in [0.25, 0.3) is 11.1 Å². The Bertz CT molecular complexity index is 594. The van der Waals surface area contributed by atoms with Gasteiger partial charge in [-0.3, -0.25) is 4.79 Å². The number of fused-ring (bicyclic) bond motifs is 1. The van der Waals surface area contributed by atoms with E-state index >= 15 is 0 Å². The molecule has 1 aromatic carbocycles. The van der Waals surface area contributed by atoms with Gasteiger partial charge in [0.1, 0.15) is 5.52 Å². The molecule has 21 heavy (non-hydrogen) atoms. The average molecular weight is 288 g/mol. The fourth-order valence-electron chi connectivity index (χ4n) is 3.06. The number of benzene rings is 1. The highest BCUT2D eigenvalue weighted by Crippen LogP contribution is 2.35. The molecule has 112 valence electrons. The van der Waals surface area contributed by atoms with E-state index in [-0.39, 0.29) is 0 Å². The highest BCUT2D eigenvalue weighted by molar-refractivity contribution is 5.76. The third-order valence-corrected chi connectivity index (χ3v) is 4.39. The van der Waals surface area contributed by atoms with Crippen molar-refractivity contribution in [3.63, 3.8) is 0 Å². The van der Waals surface area contributed by atoms with E-state index in [1.165, 1.54) is 0 Å². The molecule has 0 spiro atoms. The highest BCUT2D eigenvalue weighted by Gasteiger charge is 2.38. The molecule has 0 bridgehead atoms. The summed E-state index contributed by atoms with van der Waals surface area (Å²) in [4.78, 5) is 16.1. The first-order valence-electron chi connectivity index (χ1n) is 7.52. The van der Waals surface area contributed by atoms with Gasteiger partial charge < -0.3 is 14.8 Å². The number of rotatable bonds is 4. The molecule has 5 heteroatoms. The van der Waals surface area contributed by atoms with Crippen molar-refractivity contribution in [3.8, 4) is 0 Å². The molecule has 1 aliphatic carbocycles. The number of oxazole rings is 1. The van der Waals surface area contributed by atoms with Crippen LogP contribution in [0, 0.1) is 5.41 Å². The van der Waals surface area contributed by atoms with Gasteiger partial charge in [-0.25, -0.2) is 0 Å². The summed E-state index contributed by atoms with van der Waals surface area (Å²) in [6, 6.07) is 7.93. The summed E-state index contributed by atoms with van der Waals surface area (Å²) in [6.07, 6.45) is 5.63. The van der Waals surface area contributed by atoms with E-state index in [9.17, 15) is 9.90 Å². The van der Waals surface area contributed by atoms with Crippen LogP contribution in [0.5, 0.6) is 0 Å². The lowest BCUT2D eigenvalue weighted by molar-refractivity contribution is -0.149. The van der Waals surface area contributed by atoms with E-state index in [0.29, 0.717) is 18.1 Å². The molecule has 1 saturated carbocycles. The molecule has 0 radical (unpaired) electrons. The maximum atomic E-state index is 11.7. The Morgan fingerprint density at radius 2 is 1.95 bits per heavy atom. The van der Waals surface area contributed by atoms with Crippen LogP contribution in [0.2, 0.25) is 0 Å². The van der Waals surface area contributed by atoms with Crippen molar-refractivity contribution < 1.29 is 14.3 Å². The number of hydrogen-bond donors (Lipinski definition) is 2. The molecule has 0 atom stereocenters. The monoisotopic (exact) mass is 288 g/mol. The number of carboxylic acid groups (broad SMARTS) is 1. The van der Waals surface area contributed by atoms with E-state index in [1.807, 2.05) is 24.3 Å². The summed E-state index contributed by atoms with van der Waals surface area (Å²) in [5.41, 5.74) is 0.799. The maximum Gasteiger partial charge on any atom is 0.311 e. The van der Waals surface area contributed by atoms with E-state index in [4.69, 9.17) is 4.42 Å². The summed E-state index contributed by atoms with van der Waals surface area (Å²) >= 11 is 0. The first kappa shape index (κ1) is 13.9. The summed E-state index contributed by atoms with van der Waals surface area (Å²) < 4.78 is 5.60. The third kappa shape index (κ3) is 2.86. The Morgan fingerprint density at radius 3 is 2.62 bits per heavy atom. The number of nitrogens with one attached hydrogen (secondary N) is 1. The maximum absolute atomic E-state index is 11.7. The van der Waals surface area contributed by atoms with E-state index in [1.54, 1.807) is 0 Å². The van der Waals surface area contributed by atoms with Crippen molar-refractivity contribution >= 4 is 23.1 Å². The molecular formula is C16H20N2O3. The number of carboxylic acids is 1. The molecular weight excluding hydrogens is 268 g/mol. The highest BCUT2D eigenvalue weighted by atomic mass is 16.4. The van der Waals surface area contributed by atoms with E-state index in [0.717, 1.165) is 44.0 Å². The second kappa shape index (κ2) is 5.76. The molecule has 3 rings (SSSR count). The van der Waals surface area contributed by atoms with E-state index < -0.39 is 11.4 Å². The van der Waals surface area contributed by atoms with Crippen LogP contribution in [0.1, 0.15) is 38.5 Å². The molecule has 1 fully saturated rings. The van der Waals surface area contributed by atoms with Gasteiger partial charge >= 0.3 is 5.97 Å². The zero-order chi connectivity index (χ0) is 14.7. The van der Waals surface area contributed by atoms with Gasteiger partial charge in [0.25, 0.3) is 6.01 Å². The molecule has 5 nitrogen and oxygen atoms in total. The van der Waals surface area contributed by atoms with Gasteiger partial charge in [-0.2, -0.15) is 4.98 Å². The van der Waals surface area contributed by atoms with Crippen molar-refractivity contribution in [2.75, 3.05) is 11.9 Å². The first-order valence-corrected chi connectivity index (χ1v) is 7.52. The fourth-order valence-corrected chi connectivity index (χ4v) is 3.06. The zero-order valence-electron chi connectivity index (χ0n) is 12.0. The van der Waals surface area contributed by atoms with Gasteiger partial charge in [-0.15, -0.1) is 0 Å². The Balaban J connectivity index is 1.75. The van der Waals surface area contributed by atoms with Crippen molar-refractivity contribution in [3.05, 3.63) is 24.3 Å². The van der Waals surface area contributed by atoms with E-state index in [2.05, 4.69) is 10.3 Å². The molecule has 2 N–H and O–H groups in total. The fraction of sp³-hybridized carbons (Fsp3) is 0.500. The Morgan fingerprint density at radius 1 is 1.24 bits per heavy atom. The number of anilines is 1. The standard InChI is InChI=1S/C16H20N2O3/c19-14(20)16(9-5-1-2-6-10-16)11-17-15-18-12-7-3-4-8-13(12)21-15/h3-4,7-8H,1-2,5-6,9-11H2,(H,17,18)(H,19,20). The van der Waals surface area contributed by atoms with Crippen molar-refractivity contribution in [2.45, 2.75) is 38.5 Å². The van der Waals surface area contributed by atoms with Gasteiger partial charge in [-0.1, -0.05) is 37.8 Å². The van der Waals surface area contributed by atoms with Crippen LogP contribution >= 0.6 is 0 Å². The molecule has 0 unspecified atom stereocenters. The van der Waals surface area contributed by atoms with Gasteiger partial charge in [0.2, 0.25) is 0 Å².